The Morgan fingerprint density at radius 2 is 2.25 bits per heavy atom. The van der Waals surface area contributed by atoms with E-state index >= 15 is 0 Å². The van der Waals surface area contributed by atoms with E-state index in [1.807, 2.05) is 6.92 Å². The third-order valence-corrected chi connectivity index (χ3v) is 2.63. The Morgan fingerprint density at radius 3 is 2.80 bits per heavy atom. The Morgan fingerprint density at radius 1 is 1.55 bits per heavy atom. The maximum Gasteiger partial charge on any atom is 0.311 e. The monoisotopic (exact) mass is 282 g/mol. The number of nitrogens with one attached hydrogen (secondary N) is 1. The summed E-state index contributed by atoms with van der Waals surface area (Å²) in [6.07, 6.45) is 0.0678. The molecule has 1 aromatic carbocycles. The van der Waals surface area contributed by atoms with Crippen LogP contribution in [0.25, 0.3) is 0 Å². The maximum atomic E-state index is 10.8. The van der Waals surface area contributed by atoms with Crippen LogP contribution in [0, 0.1) is 16.0 Å². The molecule has 0 bridgehead atoms. The quantitative estimate of drug-likeness (QED) is 0.561. The molecule has 1 rings (SSSR count). The van der Waals surface area contributed by atoms with Gasteiger partial charge in [0.15, 0.2) is 5.75 Å². The van der Waals surface area contributed by atoms with Gasteiger partial charge in [-0.1, -0.05) is 6.92 Å². The maximum absolute atomic E-state index is 10.8. The lowest BCUT2D eigenvalue weighted by Crippen LogP contribution is -2.15. The van der Waals surface area contributed by atoms with E-state index in [-0.39, 0.29) is 23.8 Å². The molecule has 7 nitrogen and oxygen atoms in total. The average Bonchev–Trinajstić information content (AvgIpc) is 2.36. The van der Waals surface area contributed by atoms with Crippen LogP contribution in [0.15, 0.2) is 18.2 Å². The Balaban J connectivity index is 2.74. The zero-order valence-electron chi connectivity index (χ0n) is 11.5. The van der Waals surface area contributed by atoms with Crippen LogP contribution in [-0.2, 0) is 4.79 Å². The molecule has 0 aliphatic rings. The van der Waals surface area contributed by atoms with Gasteiger partial charge in [-0.3, -0.25) is 14.9 Å². The highest BCUT2D eigenvalue weighted by Crippen LogP contribution is 2.30. The predicted octanol–water partition coefficient (Wildman–Crippen LogP) is 2.52. The van der Waals surface area contributed by atoms with Gasteiger partial charge in [-0.05, 0) is 18.9 Å². The lowest BCUT2D eigenvalue weighted by molar-refractivity contribution is -0.385. The van der Waals surface area contributed by atoms with Crippen LogP contribution in [0.1, 0.15) is 20.3 Å². The van der Waals surface area contributed by atoms with Crippen molar-refractivity contribution in [2.45, 2.75) is 20.3 Å². The van der Waals surface area contributed by atoms with Crippen molar-refractivity contribution in [3.8, 4) is 5.75 Å². The summed E-state index contributed by atoms with van der Waals surface area (Å²) in [7, 11) is 0. The summed E-state index contributed by atoms with van der Waals surface area (Å²) in [4.78, 5) is 20.9. The van der Waals surface area contributed by atoms with E-state index in [0.717, 1.165) is 0 Å². The number of carbonyl (C=O) groups is 1. The van der Waals surface area contributed by atoms with Crippen molar-refractivity contribution in [3.05, 3.63) is 28.3 Å². The number of nitro benzene ring substituents is 1. The molecule has 0 radical (unpaired) electrons. The van der Waals surface area contributed by atoms with Crippen LogP contribution < -0.4 is 10.1 Å². The van der Waals surface area contributed by atoms with Crippen molar-refractivity contribution in [2.24, 2.45) is 5.92 Å². The number of ether oxygens (including phenoxy) is 1. The van der Waals surface area contributed by atoms with Gasteiger partial charge in [-0.2, -0.15) is 0 Å². The fourth-order valence-electron chi connectivity index (χ4n) is 1.71. The Bertz CT molecular complexity index is 490. The fourth-order valence-corrected chi connectivity index (χ4v) is 1.71. The molecule has 2 N–H and O–H groups in total. The van der Waals surface area contributed by atoms with Gasteiger partial charge in [0.25, 0.3) is 0 Å². The van der Waals surface area contributed by atoms with Crippen molar-refractivity contribution in [1.29, 1.82) is 0 Å². The van der Waals surface area contributed by atoms with Crippen LogP contribution in [0.5, 0.6) is 5.75 Å². The summed E-state index contributed by atoms with van der Waals surface area (Å²) in [5.41, 5.74) is 0.576. The number of hydrogen-bond donors (Lipinski definition) is 2. The second kappa shape index (κ2) is 7.32. The Labute approximate surface area is 116 Å². The van der Waals surface area contributed by atoms with Crippen LogP contribution in [0.2, 0.25) is 0 Å². The predicted molar refractivity (Wildman–Crippen MR) is 74.2 cm³/mol. The van der Waals surface area contributed by atoms with Gasteiger partial charge in [0, 0.05) is 30.8 Å². The Hall–Kier alpha value is -2.31. The van der Waals surface area contributed by atoms with Gasteiger partial charge in [0.1, 0.15) is 0 Å². The summed E-state index contributed by atoms with van der Waals surface area (Å²) >= 11 is 0. The number of carboxylic acid groups (broad SMARTS) is 1. The number of hydrogen-bond acceptors (Lipinski definition) is 5. The van der Waals surface area contributed by atoms with E-state index in [1.165, 1.54) is 6.07 Å². The third-order valence-electron chi connectivity index (χ3n) is 2.63. The molecule has 20 heavy (non-hydrogen) atoms. The first kappa shape index (κ1) is 15.7. The van der Waals surface area contributed by atoms with Crippen molar-refractivity contribution in [3.63, 3.8) is 0 Å². The number of benzene rings is 1. The highest BCUT2D eigenvalue weighted by molar-refractivity contribution is 5.67. The summed E-state index contributed by atoms with van der Waals surface area (Å²) in [5, 5.41) is 22.6. The molecular formula is C13H18N2O5. The van der Waals surface area contributed by atoms with Gasteiger partial charge in [-0.25, -0.2) is 0 Å². The molecule has 0 aliphatic heterocycles. The van der Waals surface area contributed by atoms with Crippen molar-refractivity contribution in [1.82, 2.24) is 0 Å². The van der Waals surface area contributed by atoms with Crippen molar-refractivity contribution < 1.29 is 19.6 Å². The molecular weight excluding hydrogens is 264 g/mol. The number of carboxylic acids is 1. The highest BCUT2D eigenvalue weighted by atomic mass is 16.6. The zero-order chi connectivity index (χ0) is 15.1. The van der Waals surface area contributed by atoms with Crippen LogP contribution in [-0.4, -0.2) is 29.2 Å². The van der Waals surface area contributed by atoms with Gasteiger partial charge < -0.3 is 15.2 Å². The van der Waals surface area contributed by atoms with E-state index in [9.17, 15) is 14.9 Å². The molecule has 0 saturated heterocycles. The molecule has 1 aromatic rings. The smallest absolute Gasteiger partial charge is 0.311 e. The second-order valence-electron chi connectivity index (χ2n) is 4.46. The van der Waals surface area contributed by atoms with E-state index in [1.54, 1.807) is 19.1 Å². The van der Waals surface area contributed by atoms with Gasteiger partial charge in [0.2, 0.25) is 0 Å². The van der Waals surface area contributed by atoms with Crippen LogP contribution in [0.3, 0.4) is 0 Å². The number of anilines is 1. The first-order valence-corrected chi connectivity index (χ1v) is 6.31. The Kier molecular flexibility index (Phi) is 5.76. The van der Waals surface area contributed by atoms with E-state index in [0.29, 0.717) is 18.8 Å². The minimum atomic E-state index is -0.849. The summed E-state index contributed by atoms with van der Waals surface area (Å²) in [6, 6.07) is 4.50. The van der Waals surface area contributed by atoms with E-state index in [4.69, 9.17) is 9.84 Å². The van der Waals surface area contributed by atoms with Gasteiger partial charge in [-0.15, -0.1) is 0 Å². The zero-order valence-corrected chi connectivity index (χ0v) is 11.5. The molecule has 1 unspecified atom stereocenters. The number of nitrogens with zero attached hydrogens (tertiary/aromatic N) is 1. The number of aliphatic carboxylic acids is 1. The molecule has 7 heteroatoms. The van der Waals surface area contributed by atoms with Crippen molar-refractivity contribution in [2.75, 3.05) is 18.5 Å². The molecule has 1 atom stereocenters. The normalized spacial score (nSPS) is 11.7. The van der Waals surface area contributed by atoms with Gasteiger partial charge >= 0.3 is 11.7 Å². The first-order valence-electron chi connectivity index (χ1n) is 6.31. The summed E-state index contributed by atoms with van der Waals surface area (Å²) in [6.45, 7) is 4.37. The molecule has 0 aromatic heterocycles. The number of rotatable bonds is 8. The summed E-state index contributed by atoms with van der Waals surface area (Å²) in [5.74, 6) is -0.690. The minimum Gasteiger partial charge on any atom is -0.487 e. The van der Waals surface area contributed by atoms with Crippen LogP contribution >= 0.6 is 0 Å². The fraction of sp³-hybridized carbons (Fsp3) is 0.462. The molecule has 0 heterocycles. The first-order chi connectivity index (χ1) is 9.43. The minimum absolute atomic E-state index is 0.0433. The lowest BCUT2D eigenvalue weighted by Gasteiger charge is -2.12. The largest absolute Gasteiger partial charge is 0.487 e. The molecule has 0 aliphatic carbocycles. The molecule has 0 fully saturated rings. The van der Waals surface area contributed by atoms with Crippen LogP contribution in [0.4, 0.5) is 11.4 Å². The van der Waals surface area contributed by atoms with E-state index < -0.39 is 10.9 Å². The SMILES string of the molecule is CCOc1cc(NCC(C)CC(=O)O)ccc1[N+](=O)[O-]. The lowest BCUT2D eigenvalue weighted by atomic mass is 10.1. The summed E-state index contributed by atoms with van der Waals surface area (Å²) < 4.78 is 5.23. The second-order valence-corrected chi connectivity index (χ2v) is 4.46. The molecule has 0 spiro atoms. The molecule has 0 saturated carbocycles. The molecule has 0 amide bonds. The standard InChI is InChI=1S/C13H18N2O5/c1-3-20-12-7-10(4-5-11(12)15(18)19)14-8-9(2)6-13(16)17/h4-5,7,9,14H,3,6,8H2,1-2H3,(H,16,17). The van der Waals surface area contributed by atoms with E-state index in [2.05, 4.69) is 5.32 Å². The van der Waals surface area contributed by atoms with Gasteiger partial charge in [0.05, 0.1) is 11.5 Å². The third kappa shape index (κ3) is 4.75. The average molecular weight is 282 g/mol. The molecule has 110 valence electrons. The number of nitro groups is 1. The highest BCUT2D eigenvalue weighted by Gasteiger charge is 2.15. The van der Waals surface area contributed by atoms with Crippen molar-refractivity contribution >= 4 is 17.3 Å². The topological polar surface area (TPSA) is 102 Å².